The number of halogens is 1. The first kappa shape index (κ1) is 16.3. The van der Waals surface area contributed by atoms with E-state index in [0.29, 0.717) is 0 Å². The van der Waals surface area contributed by atoms with Crippen LogP contribution < -0.4 is 0 Å². The molecule has 0 bridgehead atoms. The fourth-order valence-electron chi connectivity index (χ4n) is 1.32. The Kier molecular flexibility index (Phi) is 6.59. The average molecular weight is 310 g/mol. The molecule has 0 radical (unpaired) electrons. The van der Waals surface area contributed by atoms with Gasteiger partial charge in [0.1, 0.15) is 4.90 Å². The Labute approximate surface area is 117 Å². The Hall–Kier alpha value is -0.800. The molecule has 0 saturated heterocycles. The molecular weight excluding hydrogens is 294 g/mol. The molecule has 0 aromatic carbocycles. The van der Waals surface area contributed by atoms with Crippen LogP contribution in [0.2, 0.25) is 5.28 Å². The van der Waals surface area contributed by atoms with Crippen LogP contribution in [-0.4, -0.2) is 63.2 Å². The van der Waals surface area contributed by atoms with Gasteiger partial charge in [-0.15, -0.1) is 0 Å². The second-order valence-corrected chi connectivity index (χ2v) is 5.85. The lowest BCUT2D eigenvalue weighted by atomic mass is 10.6. The SMILES string of the molecule is COCCN(CCOC)S(=O)(=O)c1cnc(Cl)nc1. The summed E-state index contributed by atoms with van der Waals surface area (Å²) in [4.78, 5) is 7.34. The summed E-state index contributed by atoms with van der Waals surface area (Å²) in [6.07, 6.45) is 2.36. The molecule has 0 amide bonds. The van der Waals surface area contributed by atoms with Gasteiger partial charge in [0.25, 0.3) is 0 Å². The van der Waals surface area contributed by atoms with Crippen LogP contribution in [0.5, 0.6) is 0 Å². The van der Waals surface area contributed by atoms with Crippen molar-refractivity contribution in [2.75, 3.05) is 40.5 Å². The van der Waals surface area contributed by atoms with E-state index in [1.165, 1.54) is 30.9 Å². The predicted molar refractivity (Wildman–Crippen MR) is 69.6 cm³/mol. The van der Waals surface area contributed by atoms with Gasteiger partial charge >= 0.3 is 0 Å². The molecular formula is C10H16ClN3O4S. The van der Waals surface area contributed by atoms with Crippen LogP contribution in [0.1, 0.15) is 0 Å². The number of nitrogens with zero attached hydrogens (tertiary/aromatic N) is 3. The smallest absolute Gasteiger partial charge is 0.246 e. The van der Waals surface area contributed by atoms with Gasteiger partial charge in [-0.2, -0.15) is 4.31 Å². The molecule has 0 aliphatic heterocycles. The monoisotopic (exact) mass is 309 g/mol. The molecule has 0 unspecified atom stereocenters. The third-order valence-corrected chi connectivity index (χ3v) is 4.37. The van der Waals surface area contributed by atoms with Crippen molar-refractivity contribution in [3.63, 3.8) is 0 Å². The van der Waals surface area contributed by atoms with Gasteiger partial charge in [-0.1, -0.05) is 0 Å². The Morgan fingerprint density at radius 3 is 2.05 bits per heavy atom. The van der Waals surface area contributed by atoms with Crippen molar-refractivity contribution in [1.29, 1.82) is 0 Å². The quantitative estimate of drug-likeness (QED) is 0.647. The number of hydrogen-bond acceptors (Lipinski definition) is 6. The van der Waals surface area contributed by atoms with Crippen molar-refractivity contribution in [2.24, 2.45) is 0 Å². The lowest BCUT2D eigenvalue weighted by Crippen LogP contribution is -2.36. The van der Waals surface area contributed by atoms with E-state index < -0.39 is 10.0 Å². The van der Waals surface area contributed by atoms with E-state index in [1.807, 2.05) is 0 Å². The van der Waals surface area contributed by atoms with Gasteiger partial charge in [-0.05, 0) is 11.6 Å². The molecule has 1 heterocycles. The molecule has 1 aromatic rings. The summed E-state index contributed by atoms with van der Waals surface area (Å²) < 4.78 is 35.8. The summed E-state index contributed by atoms with van der Waals surface area (Å²) in [7, 11) is -0.660. The first-order chi connectivity index (χ1) is 9.02. The summed E-state index contributed by atoms with van der Waals surface area (Å²) >= 11 is 5.54. The van der Waals surface area contributed by atoms with Gasteiger partial charge in [0, 0.05) is 27.3 Å². The van der Waals surface area contributed by atoms with Crippen molar-refractivity contribution < 1.29 is 17.9 Å². The highest BCUT2D eigenvalue weighted by Crippen LogP contribution is 2.14. The van der Waals surface area contributed by atoms with Gasteiger partial charge in [-0.25, -0.2) is 18.4 Å². The average Bonchev–Trinajstić information content (AvgIpc) is 2.39. The third-order valence-electron chi connectivity index (χ3n) is 2.32. The number of hydrogen-bond donors (Lipinski definition) is 0. The fraction of sp³-hybridized carbons (Fsp3) is 0.600. The summed E-state index contributed by atoms with van der Waals surface area (Å²) in [5.41, 5.74) is 0. The van der Waals surface area contributed by atoms with Crippen LogP contribution in [0.25, 0.3) is 0 Å². The van der Waals surface area contributed by atoms with E-state index in [2.05, 4.69) is 9.97 Å². The largest absolute Gasteiger partial charge is 0.383 e. The lowest BCUT2D eigenvalue weighted by molar-refractivity contribution is 0.150. The minimum absolute atomic E-state index is 0.000664. The van der Waals surface area contributed by atoms with E-state index in [1.54, 1.807) is 0 Å². The third kappa shape index (κ3) is 4.66. The number of aromatic nitrogens is 2. The van der Waals surface area contributed by atoms with Gasteiger partial charge in [0.15, 0.2) is 0 Å². The van der Waals surface area contributed by atoms with Crippen molar-refractivity contribution in [3.8, 4) is 0 Å². The highest BCUT2D eigenvalue weighted by Gasteiger charge is 2.24. The Balaban J connectivity index is 2.93. The molecule has 0 N–H and O–H groups in total. The maximum Gasteiger partial charge on any atom is 0.246 e. The van der Waals surface area contributed by atoms with E-state index >= 15 is 0 Å². The Bertz CT molecular complexity index is 472. The number of ether oxygens (including phenoxy) is 2. The van der Waals surface area contributed by atoms with Gasteiger partial charge in [0.05, 0.1) is 25.6 Å². The Morgan fingerprint density at radius 1 is 1.16 bits per heavy atom. The first-order valence-electron chi connectivity index (χ1n) is 5.48. The minimum atomic E-state index is -3.67. The summed E-state index contributed by atoms with van der Waals surface area (Å²) in [6, 6.07) is 0. The second kappa shape index (κ2) is 7.71. The maximum absolute atomic E-state index is 12.3. The molecule has 0 saturated carbocycles. The fourth-order valence-corrected chi connectivity index (χ4v) is 2.72. The van der Waals surface area contributed by atoms with Crippen molar-refractivity contribution in [3.05, 3.63) is 17.7 Å². The molecule has 9 heteroatoms. The molecule has 0 spiro atoms. The summed E-state index contributed by atoms with van der Waals surface area (Å²) in [6.45, 7) is 1.03. The zero-order valence-electron chi connectivity index (χ0n) is 10.7. The standard InChI is InChI=1S/C10H16ClN3O4S/c1-17-5-3-14(4-6-18-2)19(15,16)9-7-12-10(11)13-8-9/h7-8H,3-6H2,1-2H3. The molecule has 0 aliphatic rings. The van der Waals surface area contributed by atoms with Crippen LogP contribution in [0.4, 0.5) is 0 Å². The molecule has 108 valence electrons. The molecule has 0 fully saturated rings. The number of methoxy groups -OCH3 is 2. The van der Waals surface area contributed by atoms with Crippen molar-refractivity contribution >= 4 is 21.6 Å². The van der Waals surface area contributed by atoms with E-state index in [-0.39, 0.29) is 36.5 Å². The topological polar surface area (TPSA) is 81.6 Å². The summed E-state index contributed by atoms with van der Waals surface area (Å²) in [5.74, 6) is 0. The van der Waals surface area contributed by atoms with E-state index in [9.17, 15) is 8.42 Å². The lowest BCUT2D eigenvalue weighted by Gasteiger charge is -2.21. The minimum Gasteiger partial charge on any atom is -0.383 e. The van der Waals surface area contributed by atoms with Crippen molar-refractivity contribution in [2.45, 2.75) is 4.90 Å². The van der Waals surface area contributed by atoms with Gasteiger partial charge in [0.2, 0.25) is 15.3 Å². The van der Waals surface area contributed by atoms with Crippen LogP contribution in [0.3, 0.4) is 0 Å². The zero-order valence-corrected chi connectivity index (χ0v) is 12.3. The van der Waals surface area contributed by atoms with Crippen LogP contribution in [-0.2, 0) is 19.5 Å². The molecule has 1 aromatic heterocycles. The second-order valence-electron chi connectivity index (χ2n) is 3.58. The summed E-state index contributed by atoms with van der Waals surface area (Å²) in [5, 5.41) is -0.000664. The molecule has 7 nitrogen and oxygen atoms in total. The normalized spacial score (nSPS) is 12.0. The zero-order chi connectivity index (χ0) is 14.3. The number of sulfonamides is 1. The molecule has 0 aliphatic carbocycles. The van der Waals surface area contributed by atoms with Crippen LogP contribution >= 0.6 is 11.6 Å². The first-order valence-corrected chi connectivity index (χ1v) is 7.29. The highest BCUT2D eigenvalue weighted by atomic mass is 35.5. The highest BCUT2D eigenvalue weighted by molar-refractivity contribution is 7.89. The maximum atomic E-state index is 12.3. The van der Waals surface area contributed by atoms with E-state index in [4.69, 9.17) is 21.1 Å². The van der Waals surface area contributed by atoms with Gasteiger partial charge in [-0.3, -0.25) is 0 Å². The van der Waals surface area contributed by atoms with Gasteiger partial charge < -0.3 is 9.47 Å². The Morgan fingerprint density at radius 2 is 1.63 bits per heavy atom. The predicted octanol–water partition coefficient (Wildman–Crippen LogP) is 0.413. The molecule has 0 atom stereocenters. The van der Waals surface area contributed by atoms with Crippen LogP contribution in [0.15, 0.2) is 17.3 Å². The molecule has 19 heavy (non-hydrogen) atoms. The van der Waals surface area contributed by atoms with Crippen molar-refractivity contribution in [1.82, 2.24) is 14.3 Å². The van der Waals surface area contributed by atoms with Crippen LogP contribution in [0, 0.1) is 0 Å². The van der Waals surface area contributed by atoms with E-state index in [0.717, 1.165) is 0 Å². The molecule has 1 rings (SSSR count). The number of rotatable bonds is 8.